The summed E-state index contributed by atoms with van der Waals surface area (Å²) in [5.74, 6) is 0.824. The number of rotatable bonds is 5. The van der Waals surface area contributed by atoms with Crippen LogP contribution >= 0.6 is 0 Å². The Hall–Kier alpha value is -0.820. The van der Waals surface area contributed by atoms with Crippen molar-refractivity contribution in [2.45, 2.75) is 78.3 Å². The van der Waals surface area contributed by atoms with Crippen molar-refractivity contribution in [3.63, 3.8) is 0 Å². The summed E-state index contributed by atoms with van der Waals surface area (Å²) in [5, 5.41) is 3.95. The van der Waals surface area contributed by atoms with E-state index >= 15 is 0 Å². The van der Waals surface area contributed by atoms with E-state index in [9.17, 15) is 0 Å². The molecule has 0 bridgehead atoms. The van der Waals surface area contributed by atoms with Gasteiger partial charge in [0.25, 0.3) is 0 Å². The van der Waals surface area contributed by atoms with Crippen LogP contribution in [0.1, 0.15) is 65.4 Å². The predicted molar refractivity (Wildman–Crippen MR) is 92.6 cm³/mol. The van der Waals surface area contributed by atoms with Crippen LogP contribution in [0.3, 0.4) is 0 Å². The molecule has 1 nitrogen and oxygen atoms in total. The van der Waals surface area contributed by atoms with Gasteiger partial charge in [-0.1, -0.05) is 63.9 Å². The summed E-state index contributed by atoms with van der Waals surface area (Å²) in [4.78, 5) is 0. The first-order chi connectivity index (χ1) is 9.97. The fourth-order valence-corrected chi connectivity index (χ4v) is 3.84. The maximum atomic E-state index is 3.95. The van der Waals surface area contributed by atoms with E-state index in [4.69, 9.17) is 0 Å². The van der Waals surface area contributed by atoms with Crippen molar-refractivity contribution in [3.8, 4) is 0 Å². The molecule has 1 N–H and O–H groups in total. The Morgan fingerprint density at radius 2 is 1.76 bits per heavy atom. The largest absolute Gasteiger partial charge is 0.311 e. The van der Waals surface area contributed by atoms with Crippen molar-refractivity contribution in [2.24, 2.45) is 11.3 Å². The average molecular weight is 287 g/mol. The highest BCUT2D eigenvalue weighted by molar-refractivity contribution is 5.14. The zero-order chi connectivity index (χ0) is 15.3. The minimum Gasteiger partial charge on any atom is -0.311 e. The van der Waals surface area contributed by atoms with Gasteiger partial charge in [-0.2, -0.15) is 0 Å². The Labute approximate surface area is 131 Å². The Kier molecular flexibility index (Phi) is 5.87. The molecule has 0 aromatic heterocycles. The Morgan fingerprint density at radius 1 is 1.10 bits per heavy atom. The van der Waals surface area contributed by atoms with Crippen molar-refractivity contribution in [2.75, 3.05) is 0 Å². The van der Waals surface area contributed by atoms with Gasteiger partial charge >= 0.3 is 0 Å². The molecule has 0 amide bonds. The number of hydrogen-bond acceptors (Lipinski definition) is 1. The van der Waals surface area contributed by atoms with Gasteiger partial charge < -0.3 is 5.32 Å². The van der Waals surface area contributed by atoms with E-state index in [2.05, 4.69) is 63.3 Å². The van der Waals surface area contributed by atoms with Gasteiger partial charge in [0.05, 0.1) is 0 Å². The Bertz CT molecular complexity index is 404. The van der Waals surface area contributed by atoms with Crippen molar-refractivity contribution >= 4 is 0 Å². The summed E-state index contributed by atoms with van der Waals surface area (Å²) >= 11 is 0. The van der Waals surface area contributed by atoms with Crippen molar-refractivity contribution in [1.29, 1.82) is 0 Å². The van der Waals surface area contributed by atoms with Crippen LogP contribution in [-0.2, 0) is 6.42 Å². The van der Waals surface area contributed by atoms with Crippen LogP contribution in [0.15, 0.2) is 30.3 Å². The average Bonchev–Trinajstić information content (AvgIpc) is 2.46. The molecule has 1 saturated carbocycles. The van der Waals surface area contributed by atoms with Crippen LogP contribution < -0.4 is 5.32 Å². The van der Waals surface area contributed by atoms with E-state index in [-0.39, 0.29) is 0 Å². The highest BCUT2D eigenvalue weighted by atomic mass is 15.0. The van der Waals surface area contributed by atoms with Crippen LogP contribution in [0.2, 0.25) is 0 Å². The summed E-state index contributed by atoms with van der Waals surface area (Å²) in [5.41, 5.74) is 1.89. The van der Waals surface area contributed by atoms with Gasteiger partial charge in [0.15, 0.2) is 0 Å². The SMILES string of the molecule is CC(CCc1ccccc1)NC1CCCCC1C(C)(C)C. The maximum absolute atomic E-state index is 3.95. The fourth-order valence-electron chi connectivity index (χ4n) is 3.84. The molecule has 0 radical (unpaired) electrons. The first kappa shape index (κ1) is 16.5. The van der Waals surface area contributed by atoms with Crippen molar-refractivity contribution < 1.29 is 0 Å². The first-order valence-electron chi connectivity index (χ1n) is 8.77. The lowest BCUT2D eigenvalue weighted by Gasteiger charge is -2.42. The van der Waals surface area contributed by atoms with E-state index in [1.165, 1.54) is 44.1 Å². The maximum Gasteiger partial charge on any atom is 0.0103 e. The second kappa shape index (κ2) is 7.45. The fraction of sp³-hybridized carbons (Fsp3) is 0.700. The molecular weight excluding hydrogens is 254 g/mol. The van der Waals surface area contributed by atoms with Gasteiger partial charge in [0.1, 0.15) is 0 Å². The lowest BCUT2D eigenvalue weighted by molar-refractivity contribution is 0.123. The second-order valence-corrected chi connectivity index (χ2v) is 7.96. The molecule has 3 unspecified atom stereocenters. The third-order valence-corrected chi connectivity index (χ3v) is 5.09. The van der Waals surface area contributed by atoms with Crippen LogP contribution in [0.5, 0.6) is 0 Å². The lowest BCUT2D eigenvalue weighted by atomic mass is 9.69. The number of nitrogens with one attached hydrogen (secondary N) is 1. The van der Waals surface area contributed by atoms with Crippen molar-refractivity contribution in [1.82, 2.24) is 5.32 Å². The molecule has 0 spiro atoms. The Balaban J connectivity index is 1.84. The number of hydrogen-bond donors (Lipinski definition) is 1. The zero-order valence-electron chi connectivity index (χ0n) is 14.4. The molecule has 3 atom stereocenters. The second-order valence-electron chi connectivity index (χ2n) is 7.96. The predicted octanol–water partition coefficient (Wildman–Crippen LogP) is 5.20. The van der Waals surface area contributed by atoms with Crippen LogP contribution in [0.25, 0.3) is 0 Å². The quantitative estimate of drug-likeness (QED) is 0.784. The third-order valence-electron chi connectivity index (χ3n) is 5.09. The van der Waals surface area contributed by atoms with E-state index in [1.54, 1.807) is 0 Å². The van der Waals surface area contributed by atoms with Crippen LogP contribution in [0.4, 0.5) is 0 Å². The normalized spacial score (nSPS) is 24.8. The molecule has 2 rings (SSSR count). The molecule has 118 valence electrons. The van der Waals surface area contributed by atoms with E-state index in [0.29, 0.717) is 17.5 Å². The minimum absolute atomic E-state index is 0.428. The molecule has 1 fully saturated rings. The molecular formula is C20H33N. The molecule has 1 aromatic rings. The molecule has 0 heterocycles. The monoisotopic (exact) mass is 287 g/mol. The minimum atomic E-state index is 0.428. The topological polar surface area (TPSA) is 12.0 Å². The van der Waals surface area contributed by atoms with E-state index in [0.717, 1.165) is 5.92 Å². The molecule has 1 heteroatoms. The molecule has 1 aliphatic rings. The first-order valence-corrected chi connectivity index (χ1v) is 8.77. The smallest absolute Gasteiger partial charge is 0.0103 e. The van der Waals surface area contributed by atoms with Gasteiger partial charge in [0, 0.05) is 12.1 Å². The number of aryl methyl sites for hydroxylation is 1. The molecule has 21 heavy (non-hydrogen) atoms. The van der Waals surface area contributed by atoms with Gasteiger partial charge in [-0.25, -0.2) is 0 Å². The zero-order valence-corrected chi connectivity index (χ0v) is 14.4. The van der Waals surface area contributed by atoms with Crippen LogP contribution in [0, 0.1) is 11.3 Å². The van der Waals surface area contributed by atoms with Gasteiger partial charge in [-0.15, -0.1) is 0 Å². The van der Waals surface area contributed by atoms with E-state index in [1.807, 2.05) is 0 Å². The summed E-state index contributed by atoms with van der Waals surface area (Å²) in [7, 11) is 0. The molecule has 1 aliphatic carbocycles. The highest BCUT2D eigenvalue weighted by Gasteiger charge is 2.34. The highest BCUT2D eigenvalue weighted by Crippen LogP contribution is 2.38. The summed E-state index contributed by atoms with van der Waals surface area (Å²) in [6, 6.07) is 12.2. The van der Waals surface area contributed by atoms with E-state index < -0.39 is 0 Å². The van der Waals surface area contributed by atoms with Gasteiger partial charge in [-0.3, -0.25) is 0 Å². The lowest BCUT2D eigenvalue weighted by Crippen LogP contribution is -2.47. The summed E-state index contributed by atoms with van der Waals surface area (Å²) in [6.45, 7) is 9.59. The third kappa shape index (κ3) is 5.14. The summed E-state index contributed by atoms with van der Waals surface area (Å²) < 4.78 is 0. The summed E-state index contributed by atoms with van der Waals surface area (Å²) in [6.07, 6.45) is 7.98. The van der Waals surface area contributed by atoms with Crippen molar-refractivity contribution in [3.05, 3.63) is 35.9 Å². The van der Waals surface area contributed by atoms with Crippen LogP contribution in [-0.4, -0.2) is 12.1 Å². The Morgan fingerprint density at radius 3 is 2.43 bits per heavy atom. The molecule has 0 saturated heterocycles. The van der Waals surface area contributed by atoms with Gasteiger partial charge in [0.2, 0.25) is 0 Å². The molecule has 1 aromatic carbocycles. The molecule has 0 aliphatic heterocycles. The number of benzene rings is 1. The van der Waals surface area contributed by atoms with Gasteiger partial charge in [-0.05, 0) is 49.5 Å². The standard InChI is InChI=1S/C20H33N/c1-16(14-15-17-10-6-5-7-11-17)21-19-13-9-8-12-18(19)20(2,3)4/h5-7,10-11,16,18-19,21H,8-9,12-15H2,1-4H3.